The van der Waals surface area contributed by atoms with E-state index < -0.39 is 5.82 Å². The molecule has 98 valence electrons. The summed E-state index contributed by atoms with van der Waals surface area (Å²) in [4.78, 5) is 12.5. The van der Waals surface area contributed by atoms with Gasteiger partial charge < -0.3 is 0 Å². The first-order valence-corrected chi connectivity index (χ1v) is 6.35. The number of aryl methyl sites for hydroxylation is 3. The molecular weight excluding hydrogens is 263 g/mol. The van der Waals surface area contributed by atoms with E-state index in [2.05, 4.69) is 0 Å². The molecule has 1 nitrogen and oxygen atoms in total. The van der Waals surface area contributed by atoms with Gasteiger partial charge in [0.05, 0.1) is 5.02 Å². The minimum atomic E-state index is -0.401. The summed E-state index contributed by atoms with van der Waals surface area (Å²) in [6.45, 7) is 5.46. The Hall–Kier alpha value is -1.67. The van der Waals surface area contributed by atoms with E-state index in [0.717, 1.165) is 11.1 Å². The van der Waals surface area contributed by atoms with E-state index in [4.69, 9.17) is 11.6 Å². The largest absolute Gasteiger partial charge is 0.289 e. The van der Waals surface area contributed by atoms with Crippen molar-refractivity contribution in [1.29, 1.82) is 0 Å². The van der Waals surface area contributed by atoms with E-state index in [0.29, 0.717) is 16.7 Å². The first-order chi connectivity index (χ1) is 8.90. The Morgan fingerprint density at radius 1 is 1.00 bits per heavy atom. The molecule has 0 spiro atoms. The first kappa shape index (κ1) is 13.8. The van der Waals surface area contributed by atoms with Crippen molar-refractivity contribution in [3.63, 3.8) is 0 Å². The molecule has 0 heterocycles. The molecule has 0 aliphatic heterocycles. The predicted octanol–water partition coefficient (Wildman–Crippen LogP) is 4.64. The zero-order valence-corrected chi connectivity index (χ0v) is 11.8. The van der Waals surface area contributed by atoms with Gasteiger partial charge in [-0.05, 0) is 44.0 Å². The molecule has 0 saturated carbocycles. The molecule has 0 atom stereocenters. The molecule has 19 heavy (non-hydrogen) atoms. The number of hydrogen-bond donors (Lipinski definition) is 0. The summed E-state index contributed by atoms with van der Waals surface area (Å²) in [5.41, 5.74) is 3.34. The molecule has 0 aliphatic rings. The molecule has 3 heteroatoms. The van der Waals surface area contributed by atoms with Crippen LogP contribution in [0.25, 0.3) is 0 Å². The van der Waals surface area contributed by atoms with Gasteiger partial charge in [-0.1, -0.05) is 35.4 Å². The SMILES string of the molecule is Cc1ccc(C(=O)c2cc(C)c(F)cc2Cl)c(C)c1. The highest BCUT2D eigenvalue weighted by Gasteiger charge is 2.16. The van der Waals surface area contributed by atoms with E-state index in [9.17, 15) is 9.18 Å². The zero-order chi connectivity index (χ0) is 14.2. The van der Waals surface area contributed by atoms with Gasteiger partial charge in [0.2, 0.25) is 0 Å². The second-order valence-corrected chi connectivity index (χ2v) is 5.14. The second kappa shape index (κ2) is 5.14. The average Bonchev–Trinajstić information content (AvgIpc) is 2.33. The summed E-state index contributed by atoms with van der Waals surface area (Å²) in [5, 5.41) is 0.146. The Morgan fingerprint density at radius 2 is 1.68 bits per heavy atom. The third kappa shape index (κ3) is 2.69. The van der Waals surface area contributed by atoms with Crippen LogP contribution in [0.15, 0.2) is 30.3 Å². The highest BCUT2D eigenvalue weighted by atomic mass is 35.5. The lowest BCUT2D eigenvalue weighted by molar-refractivity contribution is 0.103. The van der Waals surface area contributed by atoms with Crippen molar-refractivity contribution >= 4 is 17.4 Å². The van der Waals surface area contributed by atoms with Crippen molar-refractivity contribution in [3.05, 3.63) is 69.0 Å². The Bertz CT molecular complexity index is 662. The number of halogens is 2. The summed E-state index contributed by atoms with van der Waals surface area (Å²) in [5.74, 6) is -0.576. The molecule has 0 N–H and O–H groups in total. The number of carbonyl (C=O) groups excluding carboxylic acids is 1. The zero-order valence-electron chi connectivity index (χ0n) is 11.1. The Morgan fingerprint density at radius 3 is 2.32 bits per heavy atom. The maximum Gasteiger partial charge on any atom is 0.194 e. The minimum Gasteiger partial charge on any atom is -0.289 e. The summed E-state index contributed by atoms with van der Waals surface area (Å²) < 4.78 is 13.4. The molecule has 0 amide bonds. The first-order valence-electron chi connectivity index (χ1n) is 5.97. The quantitative estimate of drug-likeness (QED) is 0.731. The number of ketones is 1. The van der Waals surface area contributed by atoms with Crippen LogP contribution in [0.4, 0.5) is 4.39 Å². The lowest BCUT2D eigenvalue weighted by Gasteiger charge is -2.09. The van der Waals surface area contributed by atoms with Gasteiger partial charge in [-0.25, -0.2) is 4.39 Å². The monoisotopic (exact) mass is 276 g/mol. The molecule has 0 aromatic heterocycles. The summed E-state index contributed by atoms with van der Waals surface area (Å²) in [7, 11) is 0. The second-order valence-electron chi connectivity index (χ2n) is 4.73. The van der Waals surface area contributed by atoms with E-state index >= 15 is 0 Å². The molecule has 0 radical (unpaired) electrons. The molecule has 0 bridgehead atoms. The molecule has 2 aromatic rings. The van der Waals surface area contributed by atoms with Crippen molar-refractivity contribution in [2.75, 3.05) is 0 Å². The van der Waals surface area contributed by atoms with E-state index in [1.165, 1.54) is 12.1 Å². The van der Waals surface area contributed by atoms with Crippen LogP contribution < -0.4 is 0 Å². The Balaban J connectivity index is 2.53. The maximum absolute atomic E-state index is 13.4. The third-order valence-corrected chi connectivity index (χ3v) is 3.43. The number of carbonyl (C=O) groups is 1. The lowest BCUT2D eigenvalue weighted by Crippen LogP contribution is -2.06. The molecule has 0 fully saturated rings. The highest BCUT2D eigenvalue weighted by Crippen LogP contribution is 2.24. The molecule has 0 unspecified atom stereocenters. The standard InChI is InChI=1S/C16H14ClFO/c1-9-4-5-12(10(2)6-9)16(19)13-7-11(3)15(18)8-14(13)17/h4-8H,1-3H3. The van der Waals surface area contributed by atoms with Crippen molar-refractivity contribution in [3.8, 4) is 0 Å². The Kier molecular flexibility index (Phi) is 3.72. The van der Waals surface area contributed by atoms with Crippen LogP contribution >= 0.6 is 11.6 Å². The average molecular weight is 277 g/mol. The number of rotatable bonds is 2. The van der Waals surface area contributed by atoms with Crippen molar-refractivity contribution in [2.45, 2.75) is 20.8 Å². The lowest BCUT2D eigenvalue weighted by atomic mass is 9.96. The predicted molar refractivity (Wildman–Crippen MR) is 75.5 cm³/mol. The van der Waals surface area contributed by atoms with Crippen LogP contribution in [-0.4, -0.2) is 5.78 Å². The minimum absolute atomic E-state index is 0.146. The molecule has 2 aromatic carbocycles. The highest BCUT2D eigenvalue weighted by molar-refractivity contribution is 6.35. The summed E-state index contributed by atoms with van der Waals surface area (Å²) in [6, 6.07) is 8.29. The molecule has 0 saturated heterocycles. The third-order valence-electron chi connectivity index (χ3n) is 3.12. The van der Waals surface area contributed by atoms with Gasteiger partial charge in [-0.3, -0.25) is 4.79 Å². The molecule has 0 aliphatic carbocycles. The van der Waals surface area contributed by atoms with E-state index in [1.54, 1.807) is 13.0 Å². The maximum atomic E-state index is 13.4. The summed E-state index contributed by atoms with van der Waals surface area (Å²) in [6.07, 6.45) is 0. The van der Waals surface area contributed by atoms with E-state index in [-0.39, 0.29) is 10.8 Å². The summed E-state index contributed by atoms with van der Waals surface area (Å²) >= 11 is 5.97. The van der Waals surface area contributed by atoms with Crippen molar-refractivity contribution < 1.29 is 9.18 Å². The Labute approximate surface area is 117 Å². The number of benzene rings is 2. The fourth-order valence-corrected chi connectivity index (χ4v) is 2.28. The van der Waals surface area contributed by atoms with Gasteiger partial charge in [0.1, 0.15) is 5.82 Å². The van der Waals surface area contributed by atoms with Gasteiger partial charge in [-0.15, -0.1) is 0 Å². The number of hydrogen-bond acceptors (Lipinski definition) is 1. The van der Waals surface area contributed by atoms with Gasteiger partial charge in [-0.2, -0.15) is 0 Å². The van der Waals surface area contributed by atoms with Crippen LogP contribution in [0.2, 0.25) is 5.02 Å². The topological polar surface area (TPSA) is 17.1 Å². The smallest absolute Gasteiger partial charge is 0.194 e. The van der Waals surface area contributed by atoms with Crippen LogP contribution in [0, 0.1) is 26.6 Å². The van der Waals surface area contributed by atoms with Crippen molar-refractivity contribution in [1.82, 2.24) is 0 Å². The fraction of sp³-hybridized carbons (Fsp3) is 0.188. The van der Waals surface area contributed by atoms with Gasteiger partial charge >= 0.3 is 0 Å². The van der Waals surface area contributed by atoms with Crippen LogP contribution in [0.3, 0.4) is 0 Å². The molecular formula is C16H14ClFO. The van der Waals surface area contributed by atoms with Gasteiger partial charge in [0.15, 0.2) is 5.78 Å². The normalized spacial score (nSPS) is 10.6. The fourth-order valence-electron chi connectivity index (χ4n) is 2.04. The van der Waals surface area contributed by atoms with Gasteiger partial charge in [0.25, 0.3) is 0 Å². The van der Waals surface area contributed by atoms with Crippen molar-refractivity contribution in [2.24, 2.45) is 0 Å². The van der Waals surface area contributed by atoms with Crippen LogP contribution in [0.1, 0.15) is 32.6 Å². The van der Waals surface area contributed by atoms with Gasteiger partial charge in [0, 0.05) is 11.1 Å². The van der Waals surface area contributed by atoms with E-state index in [1.807, 2.05) is 26.0 Å². The molecule has 2 rings (SSSR count). The van der Waals surface area contributed by atoms with Crippen LogP contribution in [-0.2, 0) is 0 Å². The van der Waals surface area contributed by atoms with Crippen LogP contribution in [0.5, 0.6) is 0 Å².